The van der Waals surface area contributed by atoms with Gasteiger partial charge >= 0.3 is 0 Å². The number of rotatable bonds is 0. The van der Waals surface area contributed by atoms with Crippen LogP contribution in [-0.4, -0.2) is 11.6 Å². The van der Waals surface area contributed by atoms with E-state index in [1.807, 2.05) is 0 Å². The van der Waals surface area contributed by atoms with Crippen LogP contribution in [0.15, 0.2) is 0 Å². The van der Waals surface area contributed by atoms with E-state index in [9.17, 15) is 0 Å². The molecule has 0 aliphatic carbocycles. The molecule has 6 heavy (non-hydrogen) atoms. The molecule has 0 heterocycles. The Balaban J connectivity index is 0. The SMILES string of the molecule is NNN.O=CO. The molecule has 0 atom stereocenters. The molecule has 0 saturated carbocycles. The normalized spacial score (nSPS) is 5.00. The first-order valence-corrected chi connectivity index (χ1v) is 1.07. The molecule has 0 aromatic heterocycles. The molecule has 0 amide bonds. The van der Waals surface area contributed by atoms with Gasteiger partial charge in [0, 0.05) is 0 Å². The molecular weight excluding hydrogens is 86.0 g/mol. The second-order valence-corrected chi connectivity index (χ2v) is 0.272. The first kappa shape index (κ1) is 9.02. The van der Waals surface area contributed by atoms with Crippen LogP contribution in [0.5, 0.6) is 0 Å². The maximum atomic E-state index is 8.36. The predicted molar refractivity (Wildman–Crippen MR) is 20.2 cm³/mol. The van der Waals surface area contributed by atoms with E-state index < -0.39 is 0 Å². The van der Waals surface area contributed by atoms with Crippen molar-refractivity contribution in [1.29, 1.82) is 0 Å². The Morgan fingerprint density at radius 3 is 1.67 bits per heavy atom. The second-order valence-electron chi connectivity index (χ2n) is 0.272. The average molecular weight is 93.1 g/mol. The Bertz CT molecular complexity index is 22.8. The third kappa shape index (κ3) is 43.8. The summed E-state index contributed by atoms with van der Waals surface area (Å²) >= 11 is 0. The second kappa shape index (κ2) is 26.8. The molecule has 0 unspecified atom stereocenters. The summed E-state index contributed by atoms with van der Waals surface area (Å²) in [5.74, 6) is 8.75. The highest BCUT2D eigenvalue weighted by Crippen LogP contribution is 0.966. The number of nitrogens with one attached hydrogen (secondary N) is 1. The summed E-state index contributed by atoms with van der Waals surface area (Å²) in [6.07, 6.45) is 0. The molecule has 38 valence electrons. The lowest BCUT2D eigenvalue weighted by Crippen LogP contribution is -2.29. The number of hydrogen-bond acceptors (Lipinski definition) is 4. The van der Waals surface area contributed by atoms with Gasteiger partial charge in [0.1, 0.15) is 0 Å². The summed E-state index contributed by atoms with van der Waals surface area (Å²) in [6.45, 7) is -0.250. The average Bonchev–Trinajstić information content (AvgIpc) is 1.39. The van der Waals surface area contributed by atoms with Gasteiger partial charge in [-0.05, 0) is 0 Å². The fourth-order valence-corrected chi connectivity index (χ4v) is 0. The maximum absolute atomic E-state index is 8.36. The van der Waals surface area contributed by atoms with Gasteiger partial charge in [-0.15, -0.1) is 0 Å². The van der Waals surface area contributed by atoms with Gasteiger partial charge in [0.15, 0.2) is 0 Å². The largest absolute Gasteiger partial charge is 0.483 e. The molecule has 6 N–H and O–H groups in total. The van der Waals surface area contributed by atoms with E-state index in [2.05, 4.69) is 11.7 Å². The molecule has 0 spiro atoms. The summed E-state index contributed by atoms with van der Waals surface area (Å²) in [5, 5.41) is 6.89. The summed E-state index contributed by atoms with van der Waals surface area (Å²) in [5.41, 5.74) is 1.75. The molecule has 0 aliphatic rings. The number of carboxylic acid groups (broad SMARTS) is 1. The van der Waals surface area contributed by atoms with E-state index in [-0.39, 0.29) is 6.47 Å². The van der Waals surface area contributed by atoms with Crippen molar-refractivity contribution in [3.05, 3.63) is 0 Å². The van der Waals surface area contributed by atoms with E-state index in [4.69, 9.17) is 9.90 Å². The van der Waals surface area contributed by atoms with Crippen LogP contribution < -0.4 is 17.2 Å². The van der Waals surface area contributed by atoms with Crippen molar-refractivity contribution in [3.8, 4) is 0 Å². The van der Waals surface area contributed by atoms with Crippen LogP contribution in [0.1, 0.15) is 0 Å². The van der Waals surface area contributed by atoms with Crippen molar-refractivity contribution in [2.24, 2.45) is 11.7 Å². The fraction of sp³-hybridized carbons (Fsp3) is 0. The summed E-state index contributed by atoms with van der Waals surface area (Å²) in [6, 6.07) is 0. The smallest absolute Gasteiger partial charge is 0.290 e. The Morgan fingerprint density at radius 1 is 1.67 bits per heavy atom. The van der Waals surface area contributed by atoms with Crippen LogP contribution in [-0.2, 0) is 4.79 Å². The van der Waals surface area contributed by atoms with Crippen molar-refractivity contribution < 1.29 is 9.90 Å². The van der Waals surface area contributed by atoms with E-state index in [1.165, 1.54) is 0 Å². The molecule has 0 rings (SSSR count). The summed E-state index contributed by atoms with van der Waals surface area (Å²) in [7, 11) is 0. The van der Waals surface area contributed by atoms with Gasteiger partial charge in [0.25, 0.3) is 6.47 Å². The Hall–Kier alpha value is -0.650. The molecule has 5 heteroatoms. The topological polar surface area (TPSA) is 101 Å². The molecule has 0 aromatic carbocycles. The minimum absolute atomic E-state index is 0.250. The third-order valence-corrected chi connectivity index (χ3v) is 0. The van der Waals surface area contributed by atoms with Crippen molar-refractivity contribution in [1.82, 2.24) is 5.53 Å². The van der Waals surface area contributed by atoms with Crippen molar-refractivity contribution in [2.75, 3.05) is 0 Å². The Morgan fingerprint density at radius 2 is 1.67 bits per heavy atom. The quantitative estimate of drug-likeness (QED) is 0.158. The molecular formula is CH7N3O2. The lowest BCUT2D eigenvalue weighted by Gasteiger charge is -1.64. The number of carbonyl (C=O) groups is 1. The Kier molecular flexibility index (Phi) is 40.3. The Labute approximate surface area is 34.9 Å². The molecule has 0 aromatic rings. The van der Waals surface area contributed by atoms with E-state index in [1.54, 1.807) is 5.53 Å². The van der Waals surface area contributed by atoms with Crippen LogP contribution in [0, 0.1) is 0 Å². The first-order valence-electron chi connectivity index (χ1n) is 1.07. The van der Waals surface area contributed by atoms with Gasteiger partial charge in [-0.1, -0.05) is 0 Å². The highest BCUT2D eigenvalue weighted by atomic mass is 16.3. The minimum Gasteiger partial charge on any atom is -0.483 e. The lowest BCUT2D eigenvalue weighted by molar-refractivity contribution is -0.122. The molecule has 5 nitrogen and oxygen atoms in total. The van der Waals surface area contributed by atoms with Crippen LogP contribution in [0.25, 0.3) is 0 Å². The van der Waals surface area contributed by atoms with Crippen LogP contribution >= 0.6 is 0 Å². The summed E-state index contributed by atoms with van der Waals surface area (Å²) in [4.78, 5) is 8.36. The zero-order chi connectivity index (χ0) is 5.41. The highest BCUT2D eigenvalue weighted by molar-refractivity contribution is 5.32. The number of hydrogen-bond donors (Lipinski definition) is 4. The molecule has 0 bridgehead atoms. The van der Waals surface area contributed by atoms with Crippen molar-refractivity contribution in [2.45, 2.75) is 0 Å². The van der Waals surface area contributed by atoms with Gasteiger partial charge in [-0.25, -0.2) is 0 Å². The molecule has 0 radical (unpaired) electrons. The standard InChI is InChI=1S/CH2O2.H5N3/c2-1-3;1-3-2/h1H,(H,2,3);3H,1-2H2. The minimum atomic E-state index is -0.250. The van der Waals surface area contributed by atoms with Gasteiger partial charge in [-0.3, -0.25) is 16.5 Å². The summed E-state index contributed by atoms with van der Waals surface area (Å²) < 4.78 is 0. The zero-order valence-corrected chi connectivity index (χ0v) is 3.09. The molecule has 0 fully saturated rings. The molecule has 0 saturated heterocycles. The van der Waals surface area contributed by atoms with E-state index in [0.717, 1.165) is 0 Å². The van der Waals surface area contributed by atoms with Crippen LogP contribution in [0.4, 0.5) is 0 Å². The van der Waals surface area contributed by atoms with Gasteiger partial charge < -0.3 is 5.11 Å². The van der Waals surface area contributed by atoms with Gasteiger partial charge in [0.2, 0.25) is 0 Å². The number of nitrogens with two attached hydrogens (primary N) is 2. The first-order chi connectivity index (χ1) is 2.83. The highest BCUT2D eigenvalue weighted by Gasteiger charge is 1.22. The zero-order valence-electron chi connectivity index (χ0n) is 3.09. The lowest BCUT2D eigenvalue weighted by atomic mass is 11.7. The van der Waals surface area contributed by atoms with Gasteiger partial charge in [0.05, 0.1) is 0 Å². The third-order valence-electron chi connectivity index (χ3n) is 0. The van der Waals surface area contributed by atoms with Crippen LogP contribution in [0.3, 0.4) is 0 Å². The van der Waals surface area contributed by atoms with E-state index >= 15 is 0 Å². The van der Waals surface area contributed by atoms with Gasteiger partial charge in [-0.2, -0.15) is 5.53 Å². The molecule has 0 aliphatic heterocycles. The van der Waals surface area contributed by atoms with E-state index in [0.29, 0.717) is 0 Å². The van der Waals surface area contributed by atoms with Crippen molar-refractivity contribution in [3.63, 3.8) is 0 Å². The van der Waals surface area contributed by atoms with Crippen LogP contribution in [0.2, 0.25) is 0 Å². The fourth-order valence-electron chi connectivity index (χ4n) is 0. The monoisotopic (exact) mass is 93.1 g/mol. The predicted octanol–water partition coefficient (Wildman–Crippen LogP) is -1.98. The number of hydrazine groups is 2. The van der Waals surface area contributed by atoms with Crippen molar-refractivity contribution >= 4 is 6.47 Å². The maximum Gasteiger partial charge on any atom is 0.290 e.